The second kappa shape index (κ2) is 8.83. The average Bonchev–Trinajstić information content (AvgIpc) is 3.12. The van der Waals surface area contributed by atoms with E-state index in [1.165, 1.54) is 6.92 Å². The summed E-state index contributed by atoms with van der Waals surface area (Å²) < 4.78 is 23.3. The monoisotopic (exact) mass is 438 g/mol. The summed E-state index contributed by atoms with van der Waals surface area (Å²) in [5.41, 5.74) is -1.63. The number of aliphatic hydroxyl groups is 1. The van der Waals surface area contributed by atoms with E-state index in [9.17, 15) is 14.7 Å². The van der Waals surface area contributed by atoms with Crippen molar-refractivity contribution in [3.8, 4) is 0 Å². The number of epoxide rings is 1. The number of hydrogen-bond donors (Lipinski definition) is 1. The maximum Gasteiger partial charge on any atom is 0.333 e. The summed E-state index contributed by atoms with van der Waals surface area (Å²) in [7, 11) is 0. The standard InChI is InChI=1S/C24H38O7/c1-7-28-21(26)15(2)17-8-11-22(4,27)18-9-12-23(5,30-18)19(29-16(3)25)10-13-24(6)20(14-17)31-24/h17-20,27H,2,7-14H2,1,3-6H3/t17-,18+,19+,20+,22-,23-,24+/m1/s1. The molecule has 3 rings (SSSR count). The molecule has 3 aliphatic rings. The fourth-order valence-corrected chi connectivity index (χ4v) is 5.16. The Kier molecular flexibility index (Phi) is 6.90. The molecule has 7 heteroatoms. The second-order valence-corrected chi connectivity index (χ2v) is 10.1. The van der Waals surface area contributed by atoms with Gasteiger partial charge in [0.05, 0.1) is 30.0 Å². The summed E-state index contributed by atoms with van der Waals surface area (Å²) in [6.45, 7) is 13.3. The van der Waals surface area contributed by atoms with Gasteiger partial charge in [0.25, 0.3) is 0 Å². The number of carbonyl (C=O) groups is 2. The van der Waals surface area contributed by atoms with Gasteiger partial charge in [-0.25, -0.2) is 4.79 Å². The molecule has 0 aromatic carbocycles. The molecule has 0 saturated carbocycles. The third-order valence-corrected chi connectivity index (χ3v) is 7.46. The van der Waals surface area contributed by atoms with Crippen molar-refractivity contribution < 1.29 is 33.6 Å². The van der Waals surface area contributed by atoms with Gasteiger partial charge in [-0.3, -0.25) is 4.79 Å². The van der Waals surface area contributed by atoms with Crippen LogP contribution in [0.5, 0.6) is 0 Å². The molecule has 0 radical (unpaired) electrons. The molecule has 31 heavy (non-hydrogen) atoms. The van der Waals surface area contributed by atoms with E-state index in [1.54, 1.807) is 13.8 Å². The zero-order valence-electron chi connectivity index (χ0n) is 19.6. The van der Waals surface area contributed by atoms with Gasteiger partial charge < -0.3 is 24.1 Å². The van der Waals surface area contributed by atoms with Crippen LogP contribution in [0.25, 0.3) is 0 Å². The Balaban J connectivity index is 1.85. The molecular weight excluding hydrogens is 400 g/mol. The summed E-state index contributed by atoms with van der Waals surface area (Å²) in [6, 6.07) is 0. The van der Waals surface area contributed by atoms with Crippen LogP contribution in [-0.2, 0) is 28.5 Å². The number of fused-ring (bicyclic) bond motifs is 3. The predicted molar refractivity (Wildman–Crippen MR) is 114 cm³/mol. The lowest BCUT2D eigenvalue weighted by atomic mass is 9.81. The Labute approximate surface area is 185 Å². The molecule has 3 fully saturated rings. The van der Waals surface area contributed by atoms with Gasteiger partial charge in [-0.05, 0) is 78.6 Å². The highest BCUT2D eigenvalue weighted by Crippen LogP contribution is 2.49. The highest BCUT2D eigenvalue weighted by atomic mass is 16.6. The largest absolute Gasteiger partial charge is 0.463 e. The van der Waals surface area contributed by atoms with Crippen LogP contribution in [-0.4, -0.2) is 58.8 Å². The minimum absolute atomic E-state index is 0.0155. The predicted octanol–water partition coefficient (Wildman–Crippen LogP) is 3.46. The van der Waals surface area contributed by atoms with E-state index in [0.29, 0.717) is 57.1 Å². The Bertz CT molecular complexity index is 717. The van der Waals surface area contributed by atoms with Crippen molar-refractivity contribution >= 4 is 11.9 Å². The lowest BCUT2D eigenvalue weighted by Crippen LogP contribution is -2.46. The third kappa shape index (κ3) is 5.32. The smallest absolute Gasteiger partial charge is 0.333 e. The molecule has 1 N–H and O–H groups in total. The molecule has 7 atom stereocenters. The van der Waals surface area contributed by atoms with Crippen LogP contribution >= 0.6 is 0 Å². The second-order valence-electron chi connectivity index (χ2n) is 10.1. The fourth-order valence-electron chi connectivity index (χ4n) is 5.16. The van der Waals surface area contributed by atoms with Gasteiger partial charge in [0.2, 0.25) is 0 Å². The molecule has 0 aromatic heterocycles. The van der Waals surface area contributed by atoms with Crippen LogP contribution in [0, 0.1) is 5.92 Å². The molecule has 0 unspecified atom stereocenters. The summed E-state index contributed by atoms with van der Waals surface area (Å²) in [6.07, 6.45) is 3.61. The highest BCUT2D eigenvalue weighted by molar-refractivity contribution is 5.88. The van der Waals surface area contributed by atoms with Crippen LogP contribution in [0.2, 0.25) is 0 Å². The van der Waals surface area contributed by atoms with Gasteiger partial charge in [0.15, 0.2) is 0 Å². The summed E-state index contributed by atoms with van der Waals surface area (Å²) in [4.78, 5) is 24.1. The molecule has 0 aliphatic carbocycles. The van der Waals surface area contributed by atoms with E-state index < -0.39 is 23.3 Å². The van der Waals surface area contributed by atoms with E-state index in [0.717, 1.165) is 0 Å². The maximum atomic E-state index is 12.4. The highest BCUT2D eigenvalue weighted by Gasteiger charge is 2.56. The molecule has 0 aromatic rings. The zero-order chi connectivity index (χ0) is 23.0. The van der Waals surface area contributed by atoms with Gasteiger partial charge >= 0.3 is 11.9 Å². The summed E-state index contributed by atoms with van der Waals surface area (Å²) in [5, 5.41) is 11.3. The van der Waals surface area contributed by atoms with Gasteiger partial charge in [-0.15, -0.1) is 0 Å². The Morgan fingerprint density at radius 3 is 2.32 bits per heavy atom. The molecule has 176 valence electrons. The van der Waals surface area contributed by atoms with Gasteiger partial charge in [0, 0.05) is 12.5 Å². The Hall–Kier alpha value is -1.44. The number of ether oxygens (including phenoxy) is 4. The lowest BCUT2D eigenvalue weighted by Gasteiger charge is -2.37. The molecule has 2 bridgehead atoms. The minimum atomic E-state index is -1.08. The fraction of sp³-hybridized carbons (Fsp3) is 0.833. The molecule has 3 aliphatic heterocycles. The molecule has 3 saturated heterocycles. The molecule has 0 amide bonds. The van der Waals surface area contributed by atoms with E-state index in [-0.39, 0.29) is 29.7 Å². The number of esters is 2. The zero-order valence-corrected chi connectivity index (χ0v) is 19.6. The van der Waals surface area contributed by atoms with Crippen molar-refractivity contribution in [3.63, 3.8) is 0 Å². The van der Waals surface area contributed by atoms with Crippen molar-refractivity contribution in [2.45, 2.75) is 115 Å². The minimum Gasteiger partial charge on any atom is -0.463 e. The summed E-state index contributed by atoms with van der Waals surface area (Å²) >= 11 is 0. The first kappa shape index (κ1) is 24.2. The number of hydrogen-bond acceptors (Lipinski definition) is 7. The first-order valence-electron chi connectivity index (χ1n) is 11.5. The lowest BCUT2D eigenvalue weighted by molar-refractivity contribution is -0.184. The SMILES string of the molecule is C=C(C(=O)OCC)[C@@H]1CC[C@@](C)(O)[C@@H]2CC[C@@](C)(O2)[C@@H](OC(C)=O)CC[C@]2(C)O[C@H]2C1. The normalized spacial score (nSPS) is 42.9. The van der Waals surface area contributed by atoms with Crippen molar-refractivity contribution in [1.82, 2.24) is 0 Å². The number of rotatable bonds is 4. The third-order valence-electron chi connectivity index (χ3n) is 7.46. The van der Waals surface area contributed by atoms with Crippen LogP contribution in [0.15, 0.2) is 12.2 Å². The van der Waals surface area contributed by atoms with Crippen molar-refractivity contribution in [2.24, 2.45) is 5.92 Å². The average molecular weight is 439 g/mol. The van der Waals surface area contributed by atoms with E-state index in [2.05, 4.69) is 13.5 Å². The Morgan fingerprint density at radius 2 is 1.68 bits per heavy atom. The molecule has 7 nitrogen and oxygen atoms in total. The van der Waals surface area contributed by atoms with E-state index in [4.69, 9.17) is 18.9 Å². The quantitative estimate of drug-likeness (QED) is 0.408. The van der Waals surface area contributed by atoms with Crippen LogP contribution in [0.3, 0.4) is 0 Å². The van der Waals surface area contributed by atoms with Gasteiger partial charge in [0.1, 0.15) is 11.7 Å². The molecule has 0 spiro atoms. The Morgan fingerprint density at radius 1 is 1.03 bits per heavy atom. The molecular formula is C24H38O7. The molecule has 3 heterocycles. The van der Waals surface area contributed by atoms with Crippen molar-refractivity contribution in [1.29, 1.82) is 0 Å². The van der Waals surface area contributed by atoms with Gasteiger partial charge in [-0.2, -0.15) is 0 Å². The van der Waals surface area contributed by atoms with Crippen LogP contribution in [0.4, 0.5) is 0 Å². The van der Waals surface area contributed by atoms with Crippen molar-refractivity contribution in [3.05, 3.63) is 12.2 Å². The van der Waals surface area contributed by atoms with Crippen LogP contribution < -0.4 is 0 Å². The topological polar surface area (TPSA) is 94.6 Å². The first-order valence-corrected chi connectivity index (χ1v) is 11.5. The number of carbonyl (C=O) groups excluding carboxylic acids is 2. The first-order chi connectivity index (χ1) is 14.4. The van der Waals surface area contributed by atoms with E-state index >= 15 is 0 Å². The van der Waals surface area contributed by atoms with Crippen molar-refractivity contribution in [2.75, 3.05) is 6.61 Å². The van der Waals surface area contributed by atoms with Gasteiger partial charge in [-0.1, -0.05) is 6.58 Å². The maximum absolute atomic E-state index is 12.4. The van der Waals surface area contributed by atoms with E-state index in [1.807, 2.05) is 6.92 Å². The van der Waals surface area contributed by atoms with Crippen LogP contribution in [0.1, 0.15) is 79.6 Å². The summed E-state index contributed by atoms with van der Waals surface area (Å²) in [5.74, 6) is -0.868.